The topological polar surface area (TPSA) is 36.7 Å². The molecule has 0 saturated carbocycles. The molecule has 0 N–H and O–H groups in total. The first kappa shape index (κ1) is 13.3. The van der Waals surface area contributed by atoms with Crippen molar-refractivity contribution in [2.75, 3.05) is 0 Å². The van der Waals surface area contributed by atoms with E-state index >= 15 is 0 Å². The van der Waals surface area contributed by atoms with Crippen molar-refractivity contribution in [1.82, 2.24) is 4.98 Å². The van der Waals surface area contributed by atoms with Crippen molar-refractivity contribution < 1.29 is 13.2 Å². The van der Waals surface area contributed by atoms with E-state index in [0.29, 0.717) is 16.5 Å². The predicted molar refractivity (Wildman–Crippen MR) is 65.5 cm³/mol. The van der Waals surface area contributed by atoms with Gasteiger partial charge in [0.2, 0.25) is 0 Å². The number of aromatic nitrogens is 1. The first-order valence-electron chi connectivity index (χ1n) is 5.75. The fraction of sp³-hybridized carbons (Fsp3) is 0.286. The molecule has 0 fully saturated rings. The zero-order valence-corrected chi connectivity index (χ0v) is 10.4. The number of fused-ring (bicyclic) bond motifs is 1. The molecule has 0 atom stereocenters. The van der Waals surface area contributed by atoms with Gasteiger partial charge >= 0.3 is 6.18 Å². The highest BCUT2D eigenvalue weighted by Gasteiger charge is 2.33. The molecule has 1 heterocycles. The first-order chi connectivity index (χ1) is 8.86. The second kappa shape index (κ2) is 4.54. The van der Waals surface area contributed by atoms with Gasteiger partial charge in [-0.25, -0.2) is 0 Å². The third-order valence-corrected chi connectivity index (χ3v) is 2.94. The van der Waals surface area contributed by atoms with Crippen LogP contribution in [0.2, 0.25) is 0 Å². The van der Waals surface area contributed by atoms with Crippen LogP contribution in [0.4, 0.5) is 13.2 Å². The quantitative estimate of drug-likeness (QED) is 0.772. The number of pyridine rings is 1. The van der Waals surface area contributed by atoms with Crippen molar-refractivity contribution in [3.05, 3.63) is 41.1 Å². The Morgan fingerprint density at radius 2 is 1.95 bits per heavy atom. The number of hydrogen-bond donors (Lipinski definition) is 0. The summed E-state index contributed by atoms with van der Waals surface area (Å²) in [5.41, 5.74) is 0.0644. The number of alkyl halides is 3. The molecule has 2 rings (SSSR count). The van der Waals surface area contributed by atoms with Crippen LogP contribution < -0.4 is 0 Å². The molecule has 0 aliphatic heterocycles. The van der Waals surface area contributed by atoms with E-state index in [1.54, 1.807) is 6.07 Å². The zero-order valence-electron chi connectivity index (χ0n) is 10.4. The van der Waals surface area contributed by atoms with Crippen LogP contribution in [0.5, 0.6) is 0 Å². The lowest BCUT2D eigenvalue weighted by atomic mass is 9.93. The van der Waals surface area contributed by atoms with Crippen LogP contribution in [0.3, 0.4) is 0 Å². The van der Waals surface area contributed by atoms with Gasteiger partial charge in [-0.1, -0.05) is 26.0 Å². The highest BCUT2D eigenvalue weighted by Crippen LogP contribution is 2.36. The molecule has 98 valence electrons. The molecule has 0 spiro atoms. The second-order valence-electron chi connectivity index (χ2n) is 4.55. The van der Waals surface area contributed by atoms with Crippen LogP contribution >= 0.6 is 0 Å². The first-order valence-corrected chi connectivity index (χ1v) is 5.75. The average Bonchev–Trinajstić information content (AvgIpc) is 2.34. The van der Waals surface area contributed by atoms with Gasteiger partial charge in [-0.2, -0.15) is 18.4 Å². The maximum Gasteiger partial charge on any atom is 0.418 e. The van der Waals surface area contributed by atoms with Crippen LogP contribution in [-0.2, 0) is 6.18 Å². The molecular formula is C14H11F3N2. The van der Waals surface area contributed by atoms with Gasteiger partial charge < -0.3 is 0 Å². The van der Waals surface area contributed by atoms with Crippen molar-refractivity contribution in [3.63, 3.8) is 0 Å². The maximum absolute atomic E-state index is 12.9. The van der Waals surface area contributed by atoms with Gasteiger partial charge in [-0.3, -0.25) is 4.98 Å². The van der Waals surface area contributed by atoms with Crippen LogP contribution in [-0.4, -0.2) is 4.98 Å². The fourth-order valence-electron chi connectivity index (χ4n) is 2.18. The second-order valence-corrected chi connectivity index (χ2v) is 4.55. The molecule has 2 nitrogen and oxygen atoms in total. The summed E-state index contributed by atoms with van der Waals surface area (Å²) in [4.78, 5) is 3.82. The maximum atomic E-state index is 12.9. The molecule has 0 radical (unpaired) electrons. The van der Waals surface area contributed by atoms with E-state index in [9.17, 15) is 13.2 Å². The van der Waals surface area contributed by atoms with Gasteiger partial charge in [0, 0.05) is 11.6 Å². The van der Waals surface area contributed by atoms with E-state index in [1.165, 1.54) is 12.3 Å². The molecule has 1 aromatic carbocycles. The lowest BCUT2D eigenvalue weighted by molar-refractivity contribution is -0.136. The van der Waals surface area contributed by atoms with Crippen molar-refractivity contribution in [1.29, 1.82) is 5.26 Å². The third kappa shape index (κ3) is 2.26. The summed E-state index contributed by atoms with van der Waals surface area (Å²) in [7, 11) is 0. The van der Waals surface area contributed by atoms with Gasteiger partial charge in [0.1, 0.15) is 6.07 Å². The summed E-state index contributed by atoms with van der Waals surface area (Å²) in [6.45, 7) is 3.69. The van der Waals surface area contributed by atoms with Crippen molar-refractivity contribution in [2.24, 2.45) is 0 Å². The Morgan fingerprint density at radius 1 is 1.26 bits per heavy atom. The SMILES string of the molecule is CC(C)c1c(C#N)cnc2c(C(F)(F)F)cccc12. The highest BCUT2D eigenvalue weighted by atomic mass is 19.4. The van der Waals surface area contributed by atoms with Crippen molar-refractivity contribution >= 4 is 10.9 Å². The van der Waals surface area contributed by atoms with Crippen LogP contribution in [0.1, 0.15) is 36.5 Å². The van der Waals surface area contributed by atoms with Gasteiger partial charge in [0.25, 0.3) is 0 Å². The van der Waals surface area contributed by atoms with Crippen LogP contribution in [0.15, 0.2) is 24.4 Å². The monoisotopic (exact) mass is 264 g/mol. The molecule has 5 heteroatoms. The molecule has 1 aromatic heterocycles. The van der Waals surface area contributed by atoms with Crippen molar-refractivity contribution in [2.45, 2.75) is 25.9 Å². The number of nitriles is 1. The van der Waals surface area contributed by atoms with Gasteiger partial charge in [-0.05, 0) is 17.5 Å². The lowest BCUT2D eigenvalue weighted by Crippen LogP contribution is -2.08. The summed E-state index contributed by atoms with van der Waals surface area (Å²) in [6.07, 6.45) is -3.23. The smallest absolute Gasteiger partial charge is 0.254 e. The van der Waals surface area contributed by atoms with Crippen LogP contribution in [0, 0.1) is 11.3 Å². The Balaban J connectivity index is 2.90. The lowest BCUT2D eigenvalue weighted by Gasteiger charge is -2.15. The standard InChI is InChI=1S/C14H11F3N2/c1-8(2)12-9(6-18)7-19-13-10(12)4-3-5-11(13)14(15,16)17/h3-5,7-8H,1-2H3. The zero-order chi connectivity index (χ0) is 14.2. The minimum absolute atomic E-state index is 0.0522. The Bertz CT molecular complexity index is 667. The number of hydrogen-bond acceptors (Lipinski definition) is 2. The highest BCUT2D eigenvalue weighted by molar-refractivity contribution is 5.87. The summed E-state index contributed by atoms with van der Waals surface area (Å²) in [6, 6.07) is 5.91. The Morgan fingerprint density at radius 3 is 2.47 bits per heavy atom. The van der Waals surface area contributed by atoms with Crippen molar-refractivity contribution in [3.8, 4) is 6.07 Å². The van der Waals surface area contributed by atoms with Gasteiger partial charge in [-0.15, -0.1) is 0 Å². The molecule has 2 aromatic rings. The largest absolute Gasteiger partial charge is 0.418 e. The molecule has 0 unspecified atom stereocenters. The van der Waals surface area contributed by atoms with E-state index in [0.717, 1.165) is 6.07 Å². The Labute approximate surface area is 108 Å². The van der Waals surface area contributed by atoms with E-state index in [1.807, 2.05) is 19.9 Å². The molecule has 19 heavy (non-hydrogen) atoms. The molecular weight excluding hydrogens is 253 g/mol. The average molecular weight is 264 g/mol. The minimum atomic E-state index is -4.45. The number of para-hydroxylation sites is 1. The number of nitrogens with zero attached hydrogens (tertiary/aromatic N) is 2. The minimum Gasteiger partial charge on any atom is -0.254 e. The van der Waals surface area contributed by atoms with Gasteiger partial charge in [0.05, 0.1) is 16.6 Å². The normalized spacial score (nSPS) is 11.8. The van der Waals surface area contributed by atoms with E-state index in [-0.39, 0.29) is 11.4 Å². The third-order valence-electron chi connectivity index (χ3n) is 2.94. The molecule has 0 aliphatic carbocycles. The molecule has 0 aliphatic rings. The summed E-state index contributed by atoms with van der Waals surface area (Å²) in [5, 5.41) is 9.44. The van der Waals surface area contributed by atoms with Crippen LogP contribution in [0.25, 0.3) is 10.9 Å². The summed E-state index contributed by atoms with van der Waals surface area (Å²) < 4.78 is 38.8. The molecule has 0 bridgehead atoms. The number of halogens is 3. The molecule has 0 amide bonds. The number of rotatable bonds is 1. The fourth-order valence-corrected chi connectivity index (χ4v) is 2.18. The van der Waals surface area contributed by atoms with E-state index < -0.39 is 11.7 Å². The van der Waals surface area contributed by atoms with E-state index in [2.05, 4.69) is 4.98 Å². The number of benzene rings is 1. The summed E-state index contributed by atoms with van der Waals surface area (Å²) >= 11 is 0. The van der Waals surface area contributed by atoms with Gasteiger partial charge in [0.15, 0.2) is 0 Å². The Hall–Kier alpha value is -2.09. The Kier molecular flexibility index (Phi) is 3.19. The summed E-state index contributed by atoms with van der Waals surface area (Å²) in [5.74, 6) is -0.0522. The predicted octanol–water partition coefficient (Wildman–Crippen LogP) is 4.25. The molecule has 0 saturated heterocycles. The van der Waals surface area contributed by atoms with E-state index in [4.69, 9.17) is 5.26 Å².